The number of carbonyl (C=O) groups excluding carboxylic acids is 1. The fourth-order valence-corrected chi connectivity index (χ4v) is 7.10. The first kappa shape index (κ1) is 34.2. The number of rotatable bonds is 5. The Kier molecular flexibility index (Phi) is 9.75. The Morgan fingerprint density at radius 2 is 1.94 bits per heavy atom. The Balaban J connectivity index is 1.27. The molecule has 6 aromatic rings. The topological polar surface area (TPSA) is 87.0 Å². The summed E-state index contributed by atoms with van der Waals surface area (Å²) in [6, 6.07) is 17.7. The van der Waals surface area contributed by atoms with Gasteiger partial charge in [0.2, 0.25) is 0 Å². The van der Waals surface area contributed by atoms with Crippen LogP contribution in [0.1, 0.15) is 87.6 Å². The fraction of sp³-hybridized carbons (Fsp3) is 0.341. The van der Waals surface area contributed by atoms with Gasteiger partial charge in [-0.05, 0) is 78.6 Å². The van der Waals surface area contributed by atoms with Crippen LogP contribution in [0, 0.1) is 11.6 Å². The fourth-order valence-electron chi connectivity index (χ4n) is 7.10. The largest absolute Gasteiger partial charge is 0.466 e. The van der Waals surface area contributed by atoms with E-state index in [-0.39, 0.29) is 28.7 Å². The second-order valence-corrected chi connectivity index (χ2v) is 14.0. The molecule has 0 saturated carbocycles. The van der Waals surface area contributed by atoms with Gasteiger partial charge in [-0.1, -0.05) is 57.4 Å². The molecular formula is C41H43F2N5O3. The first-order valence-corrected chi connectivity index (χ1v) is 17.8. The van der Waals surface area contributed by atoms with E-state index >= 15 is 8.78 Å². The number of nitrogens with zero attached hydrogens (tertiary/aromatic N) is 4. The van der Waals surface area contributed by atoms with Crippen LogP contribution in [0.2, 0.25) is 0 Å². The van der Waals surface area contributed by atoms with Crippen molar-refractivity contribution < 1.29 is 23.0 Å². The predicted molar refractivity (Wildman–Crippen MR) is 193 cm³/mol. The molecule has 0 aliphatic carbocycles. The molecule has 0 saturated heterocycles. The van der Waals surface area contributed by atoms with Gasteiger partial charge in [-0.3, -0.25) is 14.2 Å². The van der Waals surface area contributed by atoms with Gasteiger partial charge in [-0.2, -0.15) is 10.2 Å². The number of carbonyl (C=O) groups is 1. The van der Waals surface area contributed by atoms with Crippen molar-refractivity contribution in [1.82, 2.24) is 24.5 Å². The number of hydrogen-bond donors (Lipinski definition) is 1. The molecule has 0 spiro atoms. The monoisotopic (exact) mass is 691 g/mol. The van der Waals surface area contributed by atoms with Crippen molar-refractivity contribution in [1.29, 1.82) is 0 Å². The van der Waals surface area contributed by atoms with E-state index in [1.807, 2.05) is 53.1 Å². The van der Waals surface area contributed by atoms with Crippen LogP contribution >= 0.6 is 0 Å². The number of ether oxygens (including phenoxy) is 2. The third-order valence-electron chi connectivity index (χ3n) is 10.0. The molecule has 0 radical (unpaired) electrons. The zero-order chi connectivity index (χ0) is 35.5. The highest BCUT2D eigenvalue weighted by molar-refractivity contribution is 5.85. The minimum atomic E-state index is -0.530. The van der Waals surface area contributed by atoms with Gasteiger partial charge in [-0.25, -0.2) is 8.78 Å². The third-order valence-corrected chi connectivity index (χ3v) is 10.0. The molecule has 4 heterocycles. The maximum absolute atomic E-state index is 15.8. The normalized spacial score (nSPS) is 16.3. The van der Waals surface area contributed by atoms with Gasteiger partial charge in [0, 0.05) is 53.1 Å². The molecule has 1 aliphatic heterocycles. The highest BCUT2D eigenvalue weighted by Gasteiger charge is 2.25. The first-order chi connectivity index (χ1) is 24.7. The van der Waals surface area contributed by atoms with Gasteiger partial charge in [0.15, 0.2) is 11.6 Å². The van der Waals surface area contributed by atoms with E-state index in [1.54, 1.807) is 18.3 Å². The smallest absolute Gasteiger partial charge is 0.306 e. The van der Waals surface area contributed by atoms with Crippen molar-refractivity contribution in [2.45, 2.75) is 83.7 Å². The second-order valence-electron chi connectivity index (χ2n) is 14.0. The van der Waals surface area contributed by atoms with Crippen LogP contribution in [0.5, 0.6) is 11.5 Å². The van der Waals surface area contributed by atoms with Gasteiger partial charge in [0.25, 0.3) is 0 Å². The van der Waals surface area contributed by atoms with E-state index in [0.717, 1.165) is 54.2 Å². The van der Waals surface area contributed by atoms with Crippen molar-refractivity contribution in [3.8, 4) is 22.8 Å². The van der Waals surface area contributed by atoms with Crippen molar-refractivity contribution in [3.63, 3.8) is 0 Å². The molecule has 8 nitrogen and oxygen atoms in total. The van der Waals surface area contributed by atoms with E-state index in [1.165, 1.54) is 18.2 Å². The van der Waals surface area contributed by atoms with Crippen molar-refractivity contribution in [3.05, 3.63) is 119 Å². The number of esters is 1. The predicted octanol–water partition coefficient (Wildman–Crippen LogP) is 9.67. The van der Waals surface area contributed by atoms with E-state index < -0.39 is 11.6 Å². The Bertz CT molecular complexity index is 2160. The van der Waals surface area contributed by atoms with Crippen molar-refractivity contribution in [2.24, 2.45) is 0 Å². The van der Waals surface area contributed by atoms with Crippen LogP contribution < -0.4 is 4.74 Å². The number of nitrogens with one attached hydrogen (secondary N) is 1. The van der Waals surface area contributed by atoms with Crippen LogP contribution in [0.25, 0.3) is 22.2 Å². The number of fused-ring (bicyclic) bond motifs is 10. The van der Waals surface area contributed by atoms with Crippen molar-refractivity contribution >= 4 is 16.9 Å². The summed E-state index contributed by atoms with van der Waals surface area (Å²) in [4.78, 5) is 15.2. The lowest BCUT2D eigenvalue weighted by Gasteiger charge is -2.24. The summed E-state index contributed by atoms with van der Waals surface area (Å²) in [5.41, 5.74) is 5.11. The quantitative estimate of drug-likeness (QED) is 0.182. The molecule has 0 amide bonds. The molecule has 7 rings (SSSR count). The third kappa shape index (κ3) is 7.45. The maximum Gasteiger partial charge on any atom is 0.306 e. The van der Waals surface area contributed by atoms with Crippen LogP contribution in [-0.2, 0) is 27.9 Å². The Morgan fingerprint density at radius 1 is 1.06 bits per heavy atom. The summed E-state index contributed by atoms with van der Waals surface area (Å²) in [7, 11) is 0. The van der Waals surface area contributed by atoms with Crippen LogP contribution in [0.15, 0.2) is 85.5 Å². The molecule has 0 fully saturated rings. The minimum absolute atomic E-state index is 0.0683. The van der Waals surface area contributed by atoms with Crippen LogP contribution in [-0.4, -0.2) is 37.1 Å². The summed E-state index contributed by atoms with van der Waals surface area (Å²) >= 11 is 0. The number of aryl methyl sites for hydroxylation is 1. The summed E-state index contributed by atoms with van der Waals surface area (Å²) < 4.78 is 46.4. The number of aromatic nitrogens is 5. The Labute approximate surface area is 296 Å². The van der Waals surface area contributed by atoms with E-state index in [2.05, 4.69) is 36.1 Å². The first-order valence-electron chi connectivity index (χ1n) is 17.8. The summed E-state index contributed by atoms with van der Waals surface area (Å²) in [6.45, 7) is 6.94. The molecule has 1 N–H and O–H groups in total. The van der Waals surface area contributed by atoms with E-state index in [9.17, 15) is 4.79 Å². The Morgan fingerprint density at radius 3 is 2.80 bits per heavy atom. The standard InChI is InChI=1S/C41H43F2N5O3/c1-4-50-39(49)15-12-27-9-8-10-28(21-27)38-11-6-5-7-18-41(2,3)29-24-45-47(25-29)26-33-31-16-19-44-37(31)23-35(43)40(33)51-30-13-14-34(42)32(22-30)36-17-20-48(38)46-36/h8-10,13-14,16-17,19-25,38,44H,4-7,11-12,15,18,26H2,1-3H3. The van der Waals surface area contributed by atoms with Gasteiger partial charge < -0.3 is 14.5 Å². The molecule has 6 bridgehead atoms. The summed E-state index contributed by atoms with van der Waals surface area (Å²) in [6.07, 6.45) is 13.3. The number of hydrogen-bond acceptors (Lipinski definition) is 5. The Hall–Kier alpha value is -5.25. The van der Waals surface area contributed by atoms with Gasteiger partial charge in [0.05, 0.1) is 31.1 Å². The second kappa shape index (κ2) is 14.5. The minimum Gasteiger partial charge on any atom is -0.466 e. The number of aromatic amines is 1. The lowest BCUT2D eigenvalue weighted by atomic mass is 9.81. The number of H-pyrrole nitrogens is 1. The summed E-state index contributed by atoms with van der Waals surface area (Å²) in [5.74, 6) is -0.843. The lowest BCUT2D eigenvalue weighted by molar-refractivity contribution is -0.143. The molecule has 51 heavy (non-hydrogen) atoms. The van der Waals surface area contributed by atoms with E-state index in [4.69, 9.17) is 14.6 Å². The molecule has 3 aromatic heterocycles. The molecule has 3 aromatic carbocycles. The molecule has 1 atom stereocenters. The van der Waals surface area contributed by atoms with Gasteiger partial charge in [0.1, 0.15) is 11.6 Å². The zero-order valence-corrected chi connectivity index (χ0v) is 29.3. The maximum atomic E-state index is 15.8. The number of benzene rings is 3. The van der Waals surface area contributed by atoms with Crippen LogP contribution in [0.4, 0.5) is 8.78 Å². The zero-order valence-electron chi connectivity index (χ0n) is 29.3. The molecule has 1 aliphatic rings. The number of halogens is 2. The highest BCUT2D eigenvalue weighted by atomic mass is 19.1. The van der Waals surface area contributed by atoms with E-state index in [0.29, 0.717) is 48.5 Å². The molecule has 1 unspecified atom stereocenters. The molecule has 264 valence electrons. The lowest BCUT2D eigenvalue weighted by Crippen LogP contribution is -2.16. The van der Waals surface area contributed by atoms with Gasteiger partial charge in [-0.15, -0.1) is 0 Å². The average molecular weight is 692 g/mol. The highest BCUT2D eigenvalue weighted by Crippen LogP contribution is 2.38. The van der Waals surface area contributed by atoms with Crippen LogP contribution in [0.3, 0.4) is 0 Å². The SMILES string of the molecule is CCOC(=O)CCc1cccc(C2CCCCCC(C)(C)c3cnn(c3)Cc3c(c(F)cc4[nH]ccc34)Oc3ccc(F)c(c3)-c3ccn2n3)c1. The van der Waals surface area contributed by atoms with Gasteiger partial charge >= 0.3 is 5.97 Å². The summed E-state index contributed by atoms with van der Waals surface area (Å²) in [5, 5.41) is 10.4. The van der Waals surface area contributed by atoms with Crippen molar-refractivity contribution in [2.75, 3.05) is 6.61 Å². The molecular weight excluding hydrogens is 648 g/mol. The average Bonchev–Trinajstić information content (AvgIpc) is 3.90. The molecule has 10 heteroatoms.